The predicted molar refractivity (Wildman–Crippen MR) is 147 cm³/mol. The Balaban J connectivity index is 1.62. The molecule has 2 unspecified atom stereocenters. The summed E-state index contributed by atoms with van der Waals surface area (Å²) in [5.41, 5.74) is 2.51. The standard InChI is InChI=1S/C30H37NO4S/c1-3-4-5-11-19-31(21-24-13-7-6-8-14-24)29(32)22-35-26-16-12-15-25(20-26)23(2)36-28-18-10-9-17-27(28)30(33)34/h6-10,12-18,20,23,29,32H,3-5,11,19,21-22H2,1-2H3,(H,33,34). The molecule has 0 fully saturated rings. The van der Waals surface area contributed by atoms with E-state index in [-0.39, 0.29) is 11.9 Å². The minimum Gasteiger partial charge on any atom is -0.489 e. The summed E-state index contributed by atoms with van der Waals surface area (Å²) in [6.45, 7) is 5.91. The molecule has 0 spiro atoms. The van der Waals surface area contributed by atoms with Crippen LogP contribution in [0.25, 0.3) is 0 Å². The molecule has 3 aromatic carbocycles. The van der Waals surface area contributed by atoms with Crippen LogP contribution in [-0.2, 0) is 6.54 Å². The molecule has 0 saturated carbocycles. The van der Waals surface area contributed by atoms with Crippen LogP contribution in [0.2, 0.25) is 0 Å². The van der Waals surface area contributed by atoms with Gasteiger partial charge in [-0.2, -0.15) is 0 Å². The van der Waals surface area contributed by atoms with Crippen molar-refractivity contribution in [1.29, 1.82) is 0 Å². The van der Waals surface area contributed by atoms with Gasteiger partial charge in [-0.1, -0.05) is 80.8 Å². The Morgan fingerprint density at radius 3 is 2.47 bits per heavy atom. The number of thioether (sulfide) groups is 1. The van der Waals surface area contributed by atoms with Gasteiger partial charge in [-0.25, -0.2) is 4.79 Å². The van der Waals surface area contributed by atoms with E-state index in [1.54, 1.807) is 12.1 Å². The second-order valence-corrected chi connectivity index (χ2v) is 10.3. The molecule has 0 aliphatic heterocycles. The number of aliphatic hydroxyl groups excluding tert-OH is 1. The minimum atomic E-state index is -0.925. The van der Waals surface area contributed by atoms with Crippen molar-refractivity contribution in [3.8, 4) is 5.75 Å². The van der Waals surface area contributed by atoms with Gasteiger partial charge in [0, 0.05) is 23.2 Å². The van der Waals surface area contributed by atoms with Gasteiger partial charge >= 0.3 is 5.97 Å². The molecule has 0 aliphatic rings. The summed E-state index contributed by atoms with van der Waals surface area (Å²) in [7, 11) is 0. The van der Waals surface area contributed by atoms with E-state index in [2.05, 4.69) is 30.9 Å². The van der Waals surface area contributed by atoms with E-state index in [0.717, 1.165) is 29.8 Å². The Kier molecular flexibility index (Phi) is 11.3. The van der Waals surface area contributed by atoms with Crippen LogP contribution in [0.4, 0.5) is 0 Å². The fraction of sp³-hybridized carbons (Fsp3) is 0.367. The summed E-state index contributed by atoms with van der Waals surface area (Å²) < 4.78 is 6.02. The van der Waals surface area contributed by atoms with E-state index in [0.29, 0.717) is 17.9 Å². The van der Waals surface area contributed by atoms with Crippen LogP contribution >= 0.6 is 11.8 Å². The number of hydrogen-bond acceptors (Lipinski definition) is 5. The van der Waals surface area contributed by atoms with Crippen molar-refractivity contribution >= 4 is 17.7 Å². The van der Waals surface area contributed by atoms with Gasteiger partial charge in [0.2, 0.25) is 0 Å². The van der Waals surface area contributed by atoms with Crippen LogP contribution in [0.15, 0.2) is 83.8 Å². The molecule has 0 aliphatic carbocycles. The Hall–Kier alpha value is -2.80. The van der Waals surface area contributed by atoms with E-state index in [9.17, 15) is 15.0 Å². The number of unbranched alkanes of at least 4 members (excludes halogenated alkanes) is 3. The van der Waals surface area contributed by atoms with Gasteiger partial charge in [0.25, 0.3) is 0 Å². The Labute approximate surface area is 219 Å². The van der Waals surface area contributed by atoms with Crippen molar-refractivity contribution in [2.45, 2.75) is 62.4 Å². The molecule has 36 heavy (non-hydrogen) atoms. The van der Waals surface area contributed by atoms with Gasteiger partial charge < -0.3 is 14.9 Å². The third-order valence-corrected chi connectivity index (χ3v) is 7.33. The zero-order chi connectivity index (χ0) is 25.8. The van der Waals surface area contributed by atoms with E-state index >= 15 is 0 Å². The van der Waals surface area contributed by atoms with Crippen LogP contribution in [0.1, 0.15) is 66.3 Å². The first kappa shape index (κ1) is 27.8. The number of rotatable bonds is 15. The molecule has 0 aromatic heterocycles. The lowest BCUT2D eigenvalue weighted by Crippen LogP contribution is -2.39. The fourth-order valence-electron chi connectivity index (χ4n) is 4.03. The topological polar surface area (TPSA) is 70.0 Å². The SMILES string of the molecule is CCCCCCN(Cc1ccccc1)C(O)COc1cccc(C(C)Sc2ccccc2C(=O)O)c1. The molecule has 5 nitrogen and oxygen atoms in total. The van der Waals surface area contributed by atoms with Crippen molar-refractivity contribution in [3.63, 3.8) is 0 Å². The zero-order valence-corrected chi connectivity index (χ0v) is 22.0. The molecule has 2 atom stereocenters. The van der Waals surface area contributed by atoms with E-state index in [1.165, 1.54) is 30.2 Å². The van der Waals surface area contributed by atoms with Crippen molar-refractivity contribution in [2.75, 3.05) is 13.2 Å². The highest BCUT2D eigenvalue weighted by Gasteiger charge is 2.18. The third-order valence-electron chi connectivity index (χ3n) is 6.10. The molecule has 0 saturated heterocycles. The molecule has 2 N–H and O–H groups in total. The first-order valence-corrected chi connectivity index (χ1v) is 13.5. The van der Waals surface area contributed by atoms with Gasteiger partial charge in [-0.05, 0) is 48.7 Å². The summed E-state index contributed by atoms with van der Waals surface area (Å²) in [4.78, 5) is 14.4. The number of ether oxygens (including phenoxy) is 1. The molecule has 0 bridgehead atoms. The van der Waals surface area contributed by atoms with Gasteiger partial charge in [-0.15, -0.1) is 11.8 Å². The molecule has 0 heterocycles. The Morgan fingerprint density at radius 1 is 0.972 bits per heavy atom. The van der Waals surface area contributed by atoms with E-state index < -0.39 is 12.2 Å². The van der Waals surface area contributed by atoms with Crippen LogP contribution < -0.4 is 4.74 Å². The number of aromatic carboxylic acids is 1. The summed E-state index contributed by atoms with van der Waals surface area (Å²) in [5.74, 6) is -0.234. The molecule has 192 valence electrons. The van der Waals surface area contributed by atoms with Crippen LogP contribution in [0.3, 0.4) is 0 Å². The predicted octanol–water partition coefficient (Wildman–Crippen LogP) is 7.02. The number of hydrogen-bond donors (Lipinski definition) is 2. The van der Waals surface area contributed by atoms with E-state index in [1.807, 2.05) is 54.6 Å². The van der Waals surface area contributed by atoms with Crippen molar-refractivity contribution < 1.29 is 19.7 Å². The average molecular weight is 508 g/mol. The lowest BCUT2D eigenvalue weighted by Gasteiger charge is -2.28. The quantitative estimate of drug-likeness (QED) is 0.131. The maximum Gasteiger partial charge on any atom is 0.336 e. The zero-order valence-electron chi connectivity index (χ0n) is 21.2. The lowest BCUT2D eigenvalue weighted by atomic mass is 10.1. The molecular weight excluding hydrogens is 470 g/mol. The maximum absolute atomic E-state index is 11.6. The second-order valence-electron chi connectivity index (χ2n) is 8.94. The van der Waals surface area contributed by atoms with Gasteiger partial charge in [-0.3, -0.25) is 4.90 Å². The molecular formula is C30H37NO4S. The summed E-state index contributed by atoms with van der Waals surface area (Å²) in [6, 6.07) is 25.1. The average Bonchev–Trinajstić information content (AvgIpc) is 2.90. The maximum atomic E-state index is 11.6. The molecule has 3 rings (SSSR count). The Morgan fingerprint density at radius 2 is 1.72 bits per heavy atom. The number of nitrogens with zero attached hydrogens (tertiary/aromatic N) is 1. The van der Waals surface area contributed by atoms with Crippen LogP contribution in [0.5, 0.6) is 5.75 Å². The lowest BCUT2D eigenvalue weighted by molar-refractivity contribution is -0.0336. The summed E-state index contributed by atoms with van der Waals surface area (Å²) >= 11 is 1.51. The van der Waals surface area contributed by atoms with Gasteiger partial charge in [0.05, 0.1) is 5.56 Å². The highest BCUT2D eigenvalue weighted by Crippen LogP contribution is 2.37. The monoisotopic (exact) mass is 507 g/mol. The number of carboxylic acid groups (broad SMARTS) is 1. The normalized spacial score (nSPS) is 12.9. The molecule has 3 aromatic rings. The largest absolute Gasteiger partial charge is 0.489 e. The third kappa shape index (κ3) is 8.70. The summed E-state index contributed by atoms with van der Waals surface area (Å²) in [6.07, 6.45) is 3.85. The first-order valence-electron chi connectivity index (χ1n) is 12.7. The highest BCUT2D eigenvalue weighted by atomic mass is 32.2. The summed E-state index contributed by atoms with van der Waals surface area (Å²) in [5, 5.41) is 20.5. The second kappa shape index (κ2) is 14.7. The first-order chi connectivity index (χ1) is 17.5. The smallest absolute Gasteiger partial charge is 0.336 e. The number of carbonyl (C=O) groups is 1. The number of carboxylic acids is 1. The van der Waals surface area contributed by atoms with Crippen molar-refractivity contribution in [3.05, 3.63) is 95.6 Å². The van der Waals surface area contributed by atoms with Gasteiger partial charge in [0.15, 0.2) is 0 Å². The molecule has 6 heteroatoms. The van der Waals surface area contributed by atoms with Crippen LogP contribution in [0, 0.1) is 0 Å². The molecule has 0 amide bonds. The fourth-order valence-corrected chi connectivity index (χ4v) is 5.13. The molecule has 0 radical (unpaired) electrons. The minimum absolute atomic E-state index is 0.0344. The van der Waals surface area contributed by atoms with E-state index in [4.69, 9.17) is 4.74 Å². The Bertz CT molecular complexity index is 1080. The number of benzene rings is 3. The van der Waals surface area contributed by atoms with Crippen molar-refractivity contribution in [1.82, 2.24) is 4.90 Å². The number of aliphatic hydroxyl groups is 1. The highest BCUT2D eigenvalue weighted by molar-refractivity contribution is 7.99. The van der Waals surface area contributed by atoms with Gasteiger partial charge in [0.1, 0.15) is 18.6 Å². The van der Waals surface area contributed by atoms with Crippen LogP contribution in [-0.4, -0.2) is 40.5 Å². The van der Waals surface area contributed by atoms with Crippen molar-refractivity contribution in [2.24, 2.45) is 0 Å².